The van der Waals surface area contributed by atoms with Gasteiger partial charge in [-0.25, -0.2) is 4.98 Å². The van der Waals surface area contributed by atoms with Gasteiger partial charge in [-0.2, -0.15) is 4.98 Å². The number of hydrogen-bond donors (Lipinski definition) is 4. The third kappa shape index (κ3) is 4.94. The van der Waals surface area contributed by atoms with Crippen LogP contribution in [-0.4, -0.2) is 47.8 Å². The summed E-state index contributed by atoms with van der Waals surface area (Å²) in [6.07, 6.45) is 4.07. The second kappa shape index (κ2) is 9.39. The molecule has 2 heterocycles. The van der Waals surface area contributed by atoms with Crippen molar-refractivity contribution in [2.45, 2.75) is 39.3 Å². The van der Waals surface area contributed by atoms with Crippen molar-refractivity contribution in [2.75, 3.05) is 29.1 Å². The number of aromatic nitrogens is 2. The molecule has 0 spiro atoms. The predicted molar refractivity (Wildman–Crippen MR) is 121 cm³/mol. The molecule has 2 atom stereocenters. The van der Waals surface area contributed by atoms with Crippen LogP contribution in [-0.2, 0) is 11.2 Å². The Hall–Kier alpha value is -3.42. The molecule has 0 aliphatic carbocycles. The first-order valence-electron chi connectivity index (χ1n) is 10.0. The molecular weight excluding hydrogens is 378 g/mol. The zero-order valence-corrected chi connectivity index (χ0v) is 17.9. The van der Waals surface area contributed by atoms with Crippen LogP contribution in [0, 0.1) is 12.3 Å². The maximum absolute atomic E-state index is 12.0. The summed E-state index contributed by atoms with van der Waals surface area (Å²) < 4.78 is 0. The van der Waals surface area contributed by atoms with Crippen molar-refractivity contribution in [3.8, 4) is 0 Å². The van der Waals surface area contributed by atoms with Gasteiger partial charge in [0.25, 0.3) is 0 Å². The third-order valence-electron chi connectivity index (χ3n) is 5.19. The number of nitrogens with one attached hydrogen (secondary N) is 4. The Labute approximate surface area is 177 Å². The number of hydrogen-bond acceptors (Lipinski definition) is 7. The number of fused-ring (bicyclic) bond motifs is 1. The minimum Gasteiger partial charge on any atom is -0.388 e. The molecule has 1 amide bonds. The number of carbonyl (C=O) groups is 1. The number of rotatable bonds is 8. The summed E-state index contributed by atoms with van der Waals surface area (Å²) in [6.45, 7) is 6.20. The van der Waals surface area contributed by atoms with Gasteiger partial charge in [-0.15, -0.1) is 0 Å². The summed E-state index contributed by atoms with van der Waals surface area (Å²) >= 11 is 0. The SMILES string of the molecule is Cc1nc(NC/C(C=N)=C/N[C@@H](C)Cc2ccccc2)nc2c1NC(=O)[C@H](C)N2C. The molecule has 158 valence electrons. The van der Waals surface area contributed by atoms with Crippen molar-refractivity contribution in [1.82, 2.24) is 15.3 Å². The lowest BCUT2D eigenvalue weighted by Crippen LogP contribution is -2.44. The first-order valence-corrected chi connectivity index (χ1v) is 10.0. The van der Waals surface area contributed by atoms with Gasteiger partial charge in [-0.3, -0.25) is 4.79 Å². The molecule has 30 heavy (non-hydrogen) atoms. The molecule has 0 fully saturated rings. The number of likely N-dealkylation sites (N-methyl/N-ethyl adjacent to an activating group) is 1. The van der Waals surface area contributed by atoms with E-state index in [1.165, 1.54) is 11.8 Å². The Morgan fingerprint density at radius 3 is 2.77 bits per heavy atom. The van der Waals surface area contributed by atoms with Crippen LogP contribution in [0.2, 0.25) is 0 Å². The monoisotopic (exact) mass is 407 g/mol. The standard InChI is InChI=1S/C22H29N7O/c1-14(10-17-8-6-5-7-9-17)24-12-18(11-23)13-25-22-26-15(2)19-20(28-22)29(4)16(3)21(30)27-19/h5-9,11-12,14,16,23-24H,10,13H2,1-4H3,(H,27,30)(H,25,26,28)/b18-12+,23-11?/t14-,16-/m0/s1. The van der Waals surface area contributed by atoms with Crippen LogP contribution in [0.5, 0.6) is 0 Å². The van der Waals surface area contributed by atoms with E-state index in [9.17, 15) is 4.79 Å². The Balaban J connectivity index is 1.63. The summed E-state index contributed by atoms with van der Waals surface area (Å²) in [5.41, 5.74) is 3.39. The van der Waals surface area contributed by atoms with E-state index in [1.54, 1.807) is 0 Å². The van der Waals surface area contributed by atoms with Crippen molar-refractivity contribution in [1.29, 1.82) is 5.41 Å². The summed E-state index contributed by atoms with van der Waals surface area (Å²) in [5, 5.41) is 17.1. The summed E-state index contributed by atoms with van der Waals surface area (Å²) in [6, 6.07) is 10.2. The van der Waals surface area contributed by atoms with Crippen molar-refractivity contribution in [3.05, 3.63) is 53.4 Å². The third-order valence-corrected chi connectivity index (χ3v) is 5.19. The maximum Gasteiger partial charge on any atom is 0.246 e. The molecule has 8 nitrogen and oxygen atoms in total. The highest BCUT2D eigenvalue weighted by atomic mass is 16.2. The van der Waals surface area contributed by atoms with Gasteiger partial charge >= 0.3 is 0 Å². The Bertz CT molecular complexity index is 942. The van der Waals surface area contributed by atoms with Gasteiger partial charge in [0, 0.05) is 37.6 Å². The minimum absolute atomic E-state index is 0.0675. The fourth-order valence-corrected chi connectivity index (χ4v) is 3.23. The average molecular weight is 408 g/mol. The maximum atomic E-state index is 12.0. The molecule has 2 aromatic rings. The van der Waals surface area contributed by atoms with E-state index < -0.39 is 0 Å². The van der Waals surface area contributed by atoms with Gasteiger partial charge in [0.2, 0.25) is 11.9 Å². The van der Waals surface area contributed by atoms with Crippen LogP contribution in [0.15, 0.2) is 42.1 Å². The Kier molecular flexibility index (Phi) is 6.66. The van der Waals surface area contributed by atoms with Gasteiger partial charge in [-0.05, 0) is 32.8 Å². The summed E-state index contributed by atoms with van der Waals surface area (Å²) in [4.78, 5) is 22.9. The zero-order valence-electron chi connectivity index (χ0n) is 17.9. The molecule has 3 rings (SSSR count). The molecule has 8 heteroatoms. The smallest absolute Gasteiger partial charge is 0.246 e. The van der Waals surface area contributed by atoms with Crippen LogP contribution in [0.1, 0.15) is 25.1 Å². The molecule has 1 aliphatic rings. The van der Waals surface area contributed by atoms with Gasteiger partial charge in [0.15, 0.2) is 5.82 Å². The van der Waals surface area contributed by atoms with E-state index in [4.69, 9.17) is 5.41 Å². The molecule has 0 unspecified atom stereocenters. The molecule has 0 bridgehead atoms. The lowest BCUT2D eigenvalue weighted by atomic mass is 10.1. The van der Waals surface area contributed by atoms with Crippen LogP contribution in [0.25, 0.3) is 0 Å². The molecule has 0 radical (unpaired) electrons. The Morgan fingerprint density at radius 1 is 1.33 bits per heavy atom. The van der Waals surface area contributed by atoms with Crippen LogP contribution in [0.4, 0.5) is 17.5 Å². The fourth-order valence-electron chi connectivity index (χ4n) is 3.23. The molecule has 0 saturated carbocycles. The van der Waals surface area contributed by atoms with Crippen LogP contribution < -0.4 is 20.9 Å². The van der Waals surface area contributed by atoms with Crippen LogP contribution >= 0.6 is 0 Å². The predicted octanol–water partition coefficient (Wildman–Crippen LogP) is 2.73. The largest absolute Gasteiger partial charge is 0.388 e. The van der Waals surface area contributed by atoms with Gasteiger partial charge < -0.3 is 26.3 Å². The Morgan fingerprint density at radius 2 is 2.07 bits per heavy atom. The number of amides is 1. The van der Waals surface area contributed by atoms with E-state index in [-0.39, 0.29) is 18.0 Å². The average Bonchev–Trinajstić information content (AvgIpc) is 2.74. The summed E-state index contributed by atoms with van der Waals surface area (Å²) in [5.74, 6) is 1.08. The first-order chi connectivity index (χ1) is 14.4. The van der Waals surface area contributed by atoms with E-state index in [0.29, 0.717) is 29.7 Å². The molecule has 1 aromatic carbocycles. The number of benzene rings is 1. The van der Waals surface area contributed by atoms with E-state index >= 15 is 0 Å². The highest BCUT2D eigenvalue weighted by Crippen LogP contribution is 2.31. The molecule has 1 aromatic heterocycles. The van der Waals surface area contributed by atoms with Crippen molar-refractivity contribution in [2.24, 2.45) is 0 Å². The lowest BCUT2D eigenvalue weighted by Gasteiger charge is -2.32. The van der Waals surface area contributed by atoms with Crippen LogP contribution in [0.3, 0.4) is 0 Å². The molecule has 4 N–H and O–H groups in total. The van der Waals surface area contributed by atoms with Crippen molar-refractivity contribution < 1.29 is 4.79 Å². The molecule has 1 aliphatic heterocycles. The zero-order chi connectivity index (χ0) is 21.7. The highest BCUT2D eigenvalue weighted by molar-refractivity contribution is 6.03. The normalized spacial score (nSPS) is 17.1. The number of aryl methyl sites for hydroxylation is 1. The lowest BCUT2D eigenvalue weighted by molar-refractivity contribution is -0.117. The molecule has 0 saturated heterocycles. The van der Waals surface area contributed by atoms with E-state index in [0.717, 1.165) is 12.0 Å². The van der Waals surface area contributed by atoms with Gasteiger partial charge in [-0.1, -0.05) is 30.3 Å². The first kappa shape index (κ1) is 21.3. The van der Waals surface area contributed by atoms with E-state index in [1.807, 2.05) is 50.2 Å². The summed E-state index contributed by atoms with van der Waals surface area (Å²) in [7, 11) is 1.85. The quantitative estimate of drug-likeness (QED) is 0.502. The second-order valence-electron chi connectivity index (χ2n) is 7.58. The van der Waals surface area contributed by atoms with Crippen molar-refractivity contribution in [3.63, 3.8) is 0 Å². The second-order valence-corrected chi connectivity index (χ2v) is 7.58. The highest BCUT2D eigenvalue weighted by Gasteiger charge is 2.30. The van der Waals surface area contributed by atoms with E-state index in [2.05, 4.69) is 45.0 Å². The number of carbonyl (C=O) groups excluding carboxylic acids is 1. The fraction of sp³-hybridized carbons (Fsp3) is 0.364. The molecular formula is C22H29N7O. The van der Waals surface area contributed by atoms with Gasteiger partial charge in [0.1, 0.15) is 11.7 Å². The minimum atomic E-state index is -0.299. The topological polar surface area (TPSA) is 106 Å². The van der Waals surface area contributed by atoms with Gasteiger partial charge in [0.05, 0.1) is 5.69 Å². The van der Waals surface area contributed by atoms with Crippen molar-refractivity contribution >= 4 is 29.6 Å². The number of anilines is 3. The number of nitrogens with zero attached hydrogens (tertiary/aromatic N) is 3.